The third-order valence-electron chi connectivity index (χ3n) is 2.67. The molecule has 0 radical (unpaired) electrons. The molecule has 2 nitrogen and oxygen atoms in total. The molecule has 0 fully saturated rings. The van der Waals surface area contributed by atoms with Crippen LogP contribution in [0.15, 0.2) is 16.8 Å². The highest BCUT2D eigenvalue weighted by Crippen LogP contribution is 2.18. The average Bonchev–Trinajstić information content (AvgIpc) is 2.93. The first kappa shape index (κ1) is 12.7. The lowest BCUT2D eigenvalue weighted by molar-refractivity contribution is 0.841. The Labute approximate surface area is 111 Å². The SMILES string of the molecule is Cc1nc(CCc2csc(CCCN)c2)cs1. The van der Waals surface area contributed by atoms with Crippen molar-refractivity contribution < 1.29 is 0 Å². The summed E-state index contributed by atoms with van der Waals surface area (Å²) in [6.07, 6.45) is 4.36. The van der Waals surface area contributed by atoms with E-state index in [0.717, 1.165) is 37.2 Å². The molecule has 0 bridgehead atoms. The molecule has 2 aromatic heterocycles. The summed E-state index contributed by atoms with van der Waals surface area (Å²) in [5.74, 6) is 0. The van der Waals surface area contributed by atoms with Crippen molar-refractivity contribution in [3.05, 3.63) is 38.0 Å². The number of aryl methyl sites for hydroxylation is 4. The van der Waals surface area contributed by atoms with Gasteiger partial charge in [-0.1, -0.05) is 0 Å². The molecule has 0 saturated heterocycles. The molecular formula is C13H18N2S2. The van der Waals surface area contributed by atoms with Gasteiger partial charge in [-0.05, 0) is 56.2 Å². The zero-order valence-corrected chi connectivity index (χ0v) is 11.7. The molecule has 0 spiro atoms. The highest BCUT2D eigenvalue weighted by Gasteiger charge is 2.02. The Hall–Kier alpha value is -0.710. The Morgan fingerprint density at radius 2 is 2.06 bits per heavy atom. The lowest BCUT2D eigenvalue weighted by atomic mass is 10.1. The van der Waals surface area contributed by atoms with E-state index in [2.05, 4.69) is 28.7 Å². The smallest absolute Gasteiger partial charge is 0.0897 e. The van der Waals surface area contributed by atoms with Gasteiger partial charge in [-0.25, -0.2) is 4.98 Å². The van der Waals surface area contributed by atoms with Crippen LogP contribution in [0.3, 0.4) is 0 Å². The van der Waals surface area contributed by atoms with Crippen LogP contribution in [0.5, 0.6) is 0 Å². The second-order valence-corrected chi connectivity index (χ2v) is 6.23. The fourth-order valence-electron chi connectivity index (χ4n) is 1.76. The number of thiophene rings is 1. The van der Waals surface area contributed by atoms with Crippen molar-refractivity contribution in [1.29, 1.82) is 0 Å². The Bertz CT molecular complexity index is 459. The molecule has 0 aliphatic carbocycles. The zero-order chi connectivity index (χ0) is 12.1. The minimum atomic E-state index is 0.783. The van der Waals surface area contributed by atoms with Crippen LogP contribution in [-0.2, 0) is 19.3 Å². The summed E-state index contributed by atoms with van der Waals surface area (Å²) in [4.78, 5) is 5.95. The summed E-state index contributed by atoms with van der Waals surface area (Å²) in [7, 11) is 0. The molecule has 0 aromatic carbocycles. The van der Waals surface area contributed by atoms with Gasteiger partial charge in [0, 0.05) is 10.3 Å². The minimum Gasteiger partial charge on any atom is -0.330 e. The first-order chi connectivity index (χ1) is 8.28. The number of hydrogen-bond acceptors (Lipinski definition) is 4. The van der Waals surface area contributed by atoms with Crippen LogP contribution in [-0.4, -0.2) is 11.5 Å². The van der Waals surface area contributed by atoms with Gasteiger partial charge in [0.2, 0.25) is 0 Å². The Kier molecular flexibility index (Phi) is 4.71. The molecule has 0 amide bonds. The maximum atomic E-state index is 5.52. The van der Waals surface area contributed by atoms with E-state index in [1.807, 2.05) is 11.3 Å². The molecule has 2 N–H and O–H groups in total. The van der Waals surface area contributed by atoms with Gasteiger partial charge in [0.1, 0.15) is 0 Å². The van der Waals surface area contributed by atoms with Crippen molar-refractivity contribution in [2.24, 2.45) is 5.73 Å². The van der Waals surface area contributed by atoms with E-state index in [-0.39, 0.29) is 0 Å². The highest BCUT2D eigenvalue weighted by molar-refractivity contribution is 7.10. The third-order valence-corrected chi connectivity index (χ3v) is 4.54. The van der Waals surface area contributed by atoms with Gasteiger partial charge in [-0.3, -0.25) is 0 Å². The second kappa shape index (κ2) is 6.28. The summed E-state index contributed by atoms with van der Waals surface area (Å²) >= 11 is 3.59. The Morgan fingerprint density at radius 3 is 2.76 bits per heavy atom. The minimum absolute atomic E-state index is 0.783. The lowest BCUT2D eigenvalue weighted by Crippen LogP contribution is -1.99. The van der Waals surface area contributed by atoms with Crippen molar-refractivity contribution in [2.45, 2.75) is 32.6 Å². The van der Waals surface area contributed by atoms with E-state index < -0.39 is 0 Å². The predicted octanol–water partition coefficient (Wildman–Crippen LogP) is 3.19. The van der Waals surface area contributed by atoms with Crippen LogP contribution >= 0.6 is 22.7 Å². The Morgan fingerprint density at radius 1 is 1.18 bits per heavy atom. The van der Waals surface area contributed by atoms with Gasteiger partial charge in [0.15, 0.2) is 0 Å². The van der Waals surface area contributed by atoms with Crippen LogP contribution in [0.4, 0.5) is 0 Å². The average molecular weight is 266 g/mol. The predicted molar refractivity (Wildman–Crippen MR) is 76.0 cm³/mol. The van der Waals surface area contributed by atoms with Crippen LogP contribution < -0.4 is 5.73 Å². The first-order valence-electron chi connectivity index (χ1n) is 5.95. The summed E-state index contributed by atoms with van der Waals surface area (Å²) in [5.41, 5.74) is 8.18. The molecular weight excluding hydrogens is 248 g/mol. The number of nitrogens with two attached hydrogens (primary N) is 1. The lowest BCUT2D eigenvalue weighted by Gasteiger charge is -1.95. The number of aromatic nitrogens is 1. The molecule has 2 aromatic rings. The van der Waals surface area contributed by atoms with Crippen molar-refractivity contribution in [1.82, 2.24) is 4.98 Å². The summed E-state index contributed by atoms with van der Waals surface area (Å²) in [6.45, 7) is 2.84. The summed E-state index contributed by atoms with van der Waals surface area (Å²) in [6, 6.07) is 2.32. The second-order valence-electron chi connectivity index (χ2n) is 4.17. The third kappa shape index (κ3) is 3.91. The summed E-state index contributed by atoms with van der Waals surface area (Å²) in [5, 5.41) is 5.59. The van der Waals surface area contributed by atoms with Crippen LogP contribution in [0.25, 0.3) is 0 Å². The van der Waals surface area contributed by atoms with Crippen molar-refractivity contribution in [3.63, 3.8) is 0 Å². The van der Waals surface area contributed by atoms with E-state index >= 15 is 0 Å². The van der Waals surface area contributed by atoms with Gasteiger partial charge in [-0.2, -0.15) is 0 Å². The van der Waals surface area contributed by atoms with E-state index in [1.54, 1.807) is 11.3 Å². The van der Waals surface area contributed by atoms with Gasteiger partial charge >= 0.3 is 0 Å². The van der Waals surface area contributed by atoms with Gasteiger partial charge < -0.3 is 5.73 Å². The van der Waals surface area contributed by atoms with E-state index in [1.165, 1.54) is 16.1 Å². The van der Waals surface area contributed by atoms with Crippen LogP contribution in [0.2, 0.25) is 0 Å². The van der Waals surface area contributed by atoms with E-state index in [4.69, 9.17) is 5.73 Å². The molecule has 0 saturated carbocycles. The maximum Gasteiger partial charge on any atom is 0.0897 e. The quantitative estimate of drug-likeness (QED) is 0.872. The van der Waals surface area contributed by atoms with E-state index in [0.29, 0.717) is 0 Å². The van der Waals surface area contributed by atoms with Gasteiger partial charge in [0.05, 0.1) is 10.7 Å². The Balaban J connectivity index is 1.84. The summed E-state index contributed by atoms with van der Waals surface area (Å²) < 4.78 is 0. The monoisotopic (exact) mass is 266 g/mol. The molecule has 0 aliphatic rings. The highest BCUT2D eigenvalue weighted by atomic mass is 32.1. The normalized spacial score (nSPS) is 10.9. The standard InChI is InChI=1S/C13H18N2S2/c1-10-15-12(9-16-10)5-4-11-7-13(17-8-11)3-2-6-14/h7-9H,2-6,14H2,1H3. The molecule has 4 heteroatoms. The largest absolute Gasteiger partial charge is 0.330 e. The topological polar surface area (TPSA) is 38.9 Å². The molecule has 0 unspecified atom stereocenters. The van der Waals surface area contributed by atoms with Crippen molar-refractivity contribution in [3.8, 4) is 0 Å². The van der Waals surface area contributed by atoms with Gasteiger partial charge in [-0.15, -0.1) is 22.7 Å². The number of nitrogens with zero attached hydrogens (tertiary/aromatic N) is 1. The molecule has 0 atom stereocenters. The molecule has 2 rings (SSSR count). The van der Waals surface area contributed by atoms with Gasteiger partial charge in [0.25, 0.3) is 0 Å². The van der Waals surface area contributed by atoms with Crippen LogP contribution in [0, 0.1) is 6.92 Å². The molecule has 17 heavy (non-hydrogen) atoms. The van der Waals surface area contributed by atoms with Crippen molar-refractivity contribution in [2.75, 3.05) is 6.54 Å². The maximum absolute atomic E-state index is 5.52. The number of thiazole rings is 1. The fourth-order valence-corrected chi connectivity index (χ4v) is 3.38. The molecule has 0 aliphatic heterocycles. The number of hydrogen-bond donors (Lipinski definition) is 1. The van der Waals surface area contributed by atoms with Crippen LogP contribution in [0.1, 0.15) is 27.6 Å². The number of rotatable bonds is 6. The first-order valence-corrected chi connectivity index (χ1v) is 7.71. The molecule has 92 valence electrons. The van der Waals surface area contributed by atoms with Crippen molar-refractivity contribution >= 4 is 22.7 Å². The zero-order valence-electron chi connectivity index (χ0n) is 10.1. The van der Waals surface area contributed by atoms with E-state index in [9.17, 15) is 0 Å². The molecule has 2 heterocycles. The fraction of sp³-hybridized carbons (Fsp3) is 0.462.